The third kappa shape index (κ3) is 7.08. The Morgan fingerprint density at radius 2 is 1.50 bits per heavy atom. The highest BCUT2D eigenvalue weighted by Gasteiger charge is 2.27. The van der Waals surface area contributed by atoms with Crippen molar-refractivity contribution in [3.63, 3.8) is 0 Å². The van der Waals surface area contributed by atoms with Crippen molar-refractivity contribution in [2.24, 2.45) is 5.41 Å². The van der Waals surface area contributed by atoms with Gasteiger partial charge in [-0.3, -0.25) is 0 Å². The molecule has 0 radical (unpaired) electrons. The third-order valence-corrected chi connectivity index (χ3v) is 5.71. The number of hydrogen-bond donors (Lipinski definition) is 0. The Labute approximate surface area is 194 Å². The summed E-state index contributed by atoms with van der Waals surface area (Å²) >= 11 is 0. The van der Waals surface area contributed by atoms with Crippen molar-refractivity contribution in [2.45, 2.75) is 98.5 Å². The fourth-order valence-corrected chi connectivity index (χ4v) is 4.71. The van der Waals surface area contributed by atoms with Crippen molar-refractivity contribution in [3.05, 3.63) is 48.0 Å². The van der Waals surface area contributed by atoms with Gasteiger partial charge in [0.2, 0.25) is 0 Å². The van der Waals surface area contributed by atoms with Crippen molar-refractivity contribution < 1.29 is 4.74 Å². The first-order valence-electron chi connectivity index (χ1n) is 12.3. The van der Waals surface area contributed by atoms with Crippen LogP contribution in [0.15, 0.2) is 42.5 Å². The second-order valence-corrected chi connectivity index (χ2v) is 10.9. The minimum atomic E-state index is -0.244. The summed E-state index contributed by atoms with van der Waals surface area (Å²) in [6, 6.07) is 14.5. The topological polar surface area (TPSA) is 39.9 Å². The zero-order chi connectivity index (χ0) is 23.2. The van der Waals surface area contributed by atoms with Crippen LogP contribution in [0.1, 0.15) is 92.1 Å². The van der Waals surface area contributed by atoms with Gasteiger partial charge >= 0.3 is 0 Å². The summed E-state index contributed by atoms with van der Waals surface area (Å²) in [6.07, 6.45) is 9.85. The van der Waals surface area contributed by atoms with Crippen LogP contribution in [0.2, 0.25) is 0 Å². The molecule has 0 aliphatic heterocycles. The number of unbranched alkanes of at least 4 members (excludes halogenated alkanes) is 5. The van der Waals surface area contributed by atoms with Crippen LogP contribution in [0, 0.1) is 5.41 Å². The Morgan fingerprint density at radius 3 is 2.25 bits per heavy atom. The predicted octanol–water partition coefficient (Wildman–Crippen LogP) is 7.92. The number of hydrogen-bond acceptors (Lipinski definition) is 3. The Balaban J connectivity index is 1.74. The van der Waals surface area contributed by atoms with E-state index in [4.69, 9.17) is 14.9 Å². The Morgan fingerprint density at radius 1 is 0.812 bits per heavy atom. The number of aryl methyl sites for hydroxylation is 1. The first-order chi connectivity index (χ1) is 15.2. The molecule has 0 fully saturated rings. The minimum Gasteiger partial charge on any atom is -0.488 e. The van der Waals surface area contributed by atoms with Crippen molar-refractivity contribution in [3.8, 4) is 11.4 Å². The van der Waals surface area contributed by atoms with Gasteiger partial charge in [0.25, 0.3) is 0 Å². The molecule has 0 atom stereocenters. The lowest BCUT2D eigenvalue weighted by Crippen LogP contribution is -2.33. The zero-order valence-corrected chi connectivity index (χ0v) is 20.9. The molecule has 2 aromatic carbocycles. The average Bonchev–Trinajstić information content (AvgIpc) is 3.12. The standard InChI is InChI=1S/C28H41N3O/c1-7-8-9-10-11-12-15-22-16-13-14-17-26(22)31-29-24-19-18-23(20-25(24)30-31)32-28(5,6)21-27(2,3)4/h13-14,16-20H,7-12,15,21H2,1-6H3. The molecule has 0 aliphatic carbocycles. The van der Waals surface area contributed by atoms with Gasteiger partial charge in [-0.25, -0.2) is 0 Å². The normalized spacial score (nSPS) is 12.4. The quantitative estimate of drug-likeness (QED) is 0.287. The Kier molecular flexibility index (Phi) is 7.97. The molecule has 0 bridgehead atoms. The molecule has 0 amide bonds. The maximum absolute atomic E-state index is 6.34. The van der Waals surface area contributed by atoms with Crippen molar-refractivity contribution in [1.82, 2.24) is 15.0 Å². The van der Waals surface area contributed by atoms with Crippen LogP contribution in [-0.4, -0.2) is 20.6 Å². The number of para-hydroxylation sites is 1. The van der Waals surface area contributed by atoms with Gasteiger partial charge in [-0.05, 0) is 62.3 Å². The summed E-state index contributed by atoms with van der Waals surface area (Å²) < 4.78 is 6.34. The average molecular weight is 436 g/mol. The van der Waals surface area contributed by atoms with Crippen LogP contribution in [0.3, 0.4) is 0 Å². The predicted molar refractivity (Wildman–Crippen MR) is 135 cm³/mol. The van der Waals surface area contributed by atoms with Crippen LogP contribution < -0.4 is 4.74 Å². The third-order valence-electron chi connectivity index (χ3n) is 5.71. The van der Waals surface area contributed by atoms with Crippen molar-refractivity contribution >= 4 is 11.0 Å². The molecule has 0 aliphatic rings. The first kappa shape index (κ1) is 24.3. The molecule has 0 unspecified atom stereocenters. The highest BCUT2D eigenvalue weighted by molar-refractivity contribution is 5.75. The molecule has 0 spiro atoms. The van der Waals surface area contributed by atoms with E-state index in [1.165, 1.54) is 44.1 Å². The molecular weight excluding hydrogens is 394 g/mol. The van der Waals surface area contributed by atoms with E-state index in [-0.39, 0.29) is 11.0 Å². The number of fused-ring (bicyclic) bond motifs is 1. The highest BCUT2D eigenvalue weighted by Crippen LogP contribution is 2.32. The van der Waals surface area contributed by atoms with Crippen LogP contribution in [0.5, 0.6) is 5.75 Å². The number of aromatic nitrogens is 3. The molecule has 3 rings (SSSR count). The molecule has 1 aromatic heterocycles. The van der Waals surface area contributed by atoms with Crippen LogP contribution in [0.25, 0.3) is 16.7 Å². The maximum Gasteiger partial charge on any atom is 0.122 e. The molecule has 1 heterocycles. The molecule has 0 saturated heterocycles. The molecule has 4 nitrogen and oxygen atoms in total. The maximum atomic E-state index is 6.34. The lowest BCUT2D eigenvalue weighted by Gasteiger charge is -2.33. The van der Waals surface area contributed by atoms with Gasteiger partial charge in [0.05, 0.1) is 5.69 Å². The highest BCUT2D eigenvalue weighted by atomic mass is 16.5. The van der Waals surface area contributed by atoms with Crippen LogP contribution in [-0.2, 0) is 6.42 Å². The second-order valence-electron chi connectivity index (χ2n) is 10.9. The summed E-state index contributed by atoms with van der Waals surface area (Å²) in [7, 11) is 0. The summed E-state index contributed by atoms with van der Waals surface area (Å²) in [5.74, 6) is 0.846. The van der Waals surface area contributed by atoms with E-state index >= 15 is 0 Å². The van der Waals surface area contributed by atoms with E-state index in [9.17, 15) is 0 Å². The van der Waals surface area contributed by atoms with Crippen molar-refractivity contribution in [2.75, 3.05) is 0 Å². The number of benzene rings is 2. The Bertz CT molecular complexity index is 997. The smallest absolute Gasteiger partial charge is 0.122 e. The summed E-state index contributed by atoms with van der Waals surface area (Å²) in [6.45, 7) is 13.3. The molecule has 0 saturated carbocycles. The van der Waals surface area contributed by atoms with E-state index in [0.717, 1.165) is 35.3 Å². The second kappa shape index (κ2) is 10.5. The van der Waals surface area contributed by atoms with E-state index in [2.05, 4.69) is 65.8 Å². The van der Waals surface area contributed by atoms with Gasteiger partial charge in [-0.15, -0.1) is 10.2 Å². The molecule has 0 N–H and O–H groups in total. The molecule has 3 aromatic rings. The monoisotopic (exact) mass is 435 g/mol. The molecular formula is C28H41N3O. The van der Waals surface area contributed by atoms with Gasteiger partial charge in [0.15, 0.2) is 0 Å². The van der Waals surface area contributed by atoms with Crippen molar-refractivity contribution in [1.29, 1.82) is 0 Å². The fraction of sp³-hybridized carbons (Fsp3) is 0.571. The zero-order valence-electron chi connectivity index (χ0n) is 20.9. The first-order valence-corrected chi connectivity index (χ1v) is 12.3. The lowest BCUT2D eigenvalue weighted by molar-refractivity contribution is 0.0623. The van der Waals surface area contributed by atoms with Crippen LogP contribution in [0.4, 0.5) is 0 Å². The summed E-state index contributed by atoms with van der Waals surface area (Å²) in [4.78, 5) is 1.79. The Hall–Kier alpha value is -2.36. The molecule has 32 heavy (non-hydrogen) atoms. The van der Waals surface area contributed by atoms with Gasteiger partial charge in [-0.1, -0.05) is 78.0 Å². The number of nitrogens with zero attached hydrogens (tertiary/aromatic N) is 3. The molecule has 174 valence electrons. The molecule has 4 heteroatoms. The van der Waals surface area contributed by atoms with E-state index in [0.29, 0.717) is 0 Å². The summed E-state index contributed by atoms with van der Waals surface area (Å²) in [5, 5.41) is 9.56. The van der Waals surface area contributed by atoms with Gasteiger partial charge < -0.3 is 4.74 Å². The van der Waals surface area contributed by atoms with E-state index < -0.39 is 0 Å². The largest absolute Gasteiger partial charge is 0.488 e. The SMILES string of the molecule is CCCCCCCCc1ccccc1-n1nc2ccc(OC(C)(C)CC(C)(C)C)cc2n1. The van der Waals surface area contributed by atoms with Gasteiger partial charge in [0, 0.05) is 6.07 Å². The van der Waals surface area contributed by atoms with Gasteiger partial charge in [0.1, 0.15) is 22.4 Å². The minimum absolute atomic E-state index is 0.205. The summed E-state index contributed by atoms with van der Waals surface area (Å²) in [5.41, 5.74) is 4.10. The fourth-order valence-electron chi connectivity index (χ4n) is 4.71. The number of ether oxygens (including phenoxy) is 1. The van der Waals surface area contributed by atoms with Crippen LogP contribution >= 0.6 is 0 Å². The lowest BCUT2D eigenvalue weighted by atomic mass is 9.83. The van der Waals surface area contributed by atoms with E-state index in [1.54, 1.807) is 4.80 Å². The van der Waals surface area contributed by atoms with E-state index in [1.807, 2.05) is 18.2 Å². The van der Waals surface area contributed by atoms with Gasteiger partial charge in [-0.2, -0.15) is 4.80 Å². The number of rotatable bonds is 11.